The van der Waals surface area contributed by atoms with Gasteiger partial charge >= 0.3 is 19.8 Å². The highest BCUT2D eigenvalue weighted by molar-refractivity contribution is 7.47. The fourth-order valence-corrected chi connectivity index (χ4v) is 9.57. The first-order chi connectivity index (χ1) is 42.8. The Balaban J connectivity index is 3.99. The van der Waals surface area contributed by atoms with Gasteiger partial charge in [-0.05, 0) is 135 Å². The molecule has 0 aromatic heterocycles. The van der Waals surface area contributed by atoms with Gasteiger partial charge < -0.3 is 20.1 Å². The Kier molecular flexibility index (Phi) is 66.3. The lowest BCUT2D eigenvalue weighted by Crippen LogP contribution is -2.29. The van der Waals surface area contributed by atoms with Crippen molar-refractivity contribution in [3.05, 3.63) is 182 Å². The molecule has 490 valence electrons. The molecular weight excluding hydrogens is 1100 g/mol. The van der Waals surface area contributed by atoms with E-state index in [1.165, 1.54) is 77.0 Å². The van der Waals surface area contributed by atoms with Crippen LogP contribution in [0.15, 0.2) is 182 Å². The number of allylic oxidation sites excluding steroid dienone is 30. The van der Waals surface area contributed by atoms with Crippen LogP contribution in [-0.2, 0) is 32.7 Å². The highest BCUT2D eigenvalue weighted by atomic mass is 31.2. The van der Waals surface area contributed by atoms with Crippen LogP contribution in [0.5, 0.6) is 0 Å². The van der Waals surface area contributed by atoms with Gasteiger partial charge in [0.1, 0.15) is 6.61 Å². The number of ether oxygens (including phenoxy) is 2. The third-order valence-electron chi connectivity index (χ3n) is 13.8. The summed E-state index contributed by atoms with van der Waals surface area (Å²) < 4.78 is 33.1. The second kappa shape index (κ2) is 70.2. The minimum Gasteiger partial charge on any atom is -0.462 e. The molecule has 0 aliphatic rings. The lowest BCUT2D eigenvalue weighted by Gasteiger charge is -2.19. The molecule has 0 aliphatic heterocycles. The molecule has 3 N–H and O–H groups in total. The van der Waals surface area contributed by atoms with Gasteiger partial charge in [0.05, 0.1) is 13.2 Å². The summed E-state index contributed by atoms with van der Waals surface area (Å²) in [6, 6.07) is 0. The highest BCUT2D eigenvalue weighted by Gasteiger charge is 2.26. The first-order valence-corrected chi connectivity index (χ1v) is 35.8. The van der Waals surface area contributed by atoms with Gasteiger partial charge in [-0.3, -0.25) is 18.6 Å². The number of carbonyl (C=O) groups is 2. The summed E-state index contributed by atoms with van der Waals surface area (Å²) in [4.78, 5) is 35.3. The summed E-state index contributed by atoms with van der Waals surface area (Å²) in [5.74, 6) is -0.866. The smallest absolute Gasteiger partial charge is 0.462 e. The van der Waals surface area contributed by atoms with E-state index in [4.69, 9.17) is 24.3 Å². The first-order valence-electron chi connectivity index (χ1n) is 34.3. The highest BCUT2D eigenvalue weighted by Crippen LogP contribution is 2.43. The van der Waals surface area contributed by atoms with Crippen LogP contribution in [0, 0.1) is 0 Å². The van der Waals surface area contributed by atoms with Gasteiger partial charge in [-0.15, -0.1) is 0 Å². The van der Waals surface area contributed by atoms with Crippen molar-refractivity contribution in [1.29, 1.82) is 0 Å². The van der Waals surface area contributed by atoms with Gasteiger partial charge in [-0.2, -0.15) is 0 Å². The molecule has 87 heavy (non-hydrogen) atoms. The van der Waals surface area contributed by atoms with Crippen LogP contribution in [0.25, 0.3) is 0 Å². The standard InChI is InChI=1S/C77H124NO8P/c1-3-5-7-9-11-13-15-17-19-21-23-25-27-29-31-33-34-35-36-37-38-39-40-42-43-45-47-49-51-53-55-57-59-61-63-65-67-69-76(79)83-73-75(74-85-87(81,82)84-72-71-78)86-77(80)70-68-66-64-62-60-58-56-54-52-50-48-46-44-41-32-30-28-26-24-22-20-18-16-14-12-10-8-6-4-2/h5-8,11-14,17-20,23-26,29-32,34-35,37-38,44,46,50,52,56,58,75H,3-4,9-10,15-16,21-22,27-28,33,36,39-43,45,47-49,51,53-55,57,59-74,78H2,1-2H3,(H,81,82)/b7-5-,8-6-,13-11-,14-12-,19-17-,20-18-,25-23-,26-24-,31-29-,32-30-,35-34-,38-37-,46-44-,52-50-,58-56-. The van der Waals surface area contributed by atoms with Crippen molar-refractivity contribution in [2.45, 2.75) is 264 Å². The van der Waals surface area contributed by atoms with Crippen molar-refractivity contribution < 1.29 is 37.6 Å². The number of phosphoric acid groups is 1. The zero-order valence-electron chi connectivity index (χ0n) is 54.9. The summed E-state index contributed by atoms with van der Waals surface area (Å²) >= 11 is 0. The summed E-state index contributed by atoms with van der Waals surface area (Å²) in [6.07, 6.45) is 105. The summed E-state index contributed by atoms with van der Waals surface area (Å²) in [5, 5.41) is 0. The Morgan fingerprint density at radius 3 is 0.885 bits per heavy atom. The lowest BCUT2D eigenvalue weighted by molar-refractivity contribution is -0.161. The summed E-state index contributed by atoms with van der Waals surface area (Å²) in [6.45, 7) is 3.47. The topological polar surface area (TPSA) is 134 Å². The fourth-order valence-electron chi connectivity index (χ4n) is 8.81. The van der Waals surface area contributed by atoms with Crippen LogP contribution in [0.4, 0.5) is 0 Å². The van der Waals surface area contributed by atoms with Crippen LogP contribution in [-0.4, -0.2) is 49.3 Å². The molecule has 2 atom stereocenters. The predicted molar refractivity (Wildman–Crippen MR) is 376 cm³/mol. The number of nitrogens with two attached hydrogens (primary N) is 1. The Labute approximate surface area is 533 Å². The SMILES string of the molecule is CC/C=C\C/C=C\C/C=C\C/C=C\C/C=C\C/C=C\C/C=C\C/C=C\CCCCCCC(=O)OC(COC(=O)CCCCCCCCCCCCCCCCC/C=C\C/C=C\C/C=C\C/C=C\C/C=C\C/C=C\C/C=C\CC)COP(=O)(O)OCCN. The number of esters is 2. The third-order valence-corrected chi connectivity index (χ3v) is 14.8. The number of carbonyl (C=O) groups excluding carboxylic acids is 2. The fraction of sp³-hybridized carbons (Fsp3) is 0.584. The zero-order chi connectivity index (χ0) is 63.0. The zero-order valence-corrected chi connectivity index (χ0v) is 55.8. The number of hydrogen-bond donors (Lipinski definition) is 2. The Hall–Kier alpha value is -4.89. The van der Waals surface area contributed by atoms with E-state index < -0.39 is 32.5 Å². The molecule has 0 bridgehead atoms. The van der Waals surface area contributed by atoms with E-state index in [0.717, 1.165) is 148 Å². The third kappa shape index (κ3) is 70.1. The van der Waals surface area contributed by atoms with E-state index in [9.17, 15) is 19.0 Å². The minimum absolute atomic E-state index is 0.0399. The molecular formula is C77H124NO8P. The van der Waals surface area contributed by atoms with E-state index in [1.54, 1.807) is 0 Å². The van der Waals surface area contributed by atoms with Crippen molar-refractivity contribution >= 4 is 19.8 Å². The van der Waals surface area contributed by atoms with Crippen LogP contribution in [0.3, 0.4) is 0 Å². The molecule has 0 fully saturated rings. The van der Waals surface area contributed by atoms with Crippen LogP contribution >= 0.6 is 7.82 Å². The normalized spacial score (nSPS) is 14.1. The van der Waals surface area contributed by atoms with Crippen molar-refractivity contribution in [1.82, 2.24) is 0 Å². The quantitative estimate of drug-likeness (QED) is 0.0264. The molecule has 0 spiro atoms. The monoisotopic (exact) mass is 1220 g/mol. The molecule has 0 aromatic carbocycles. The lowest BCUT2D eigenvalue weighted by atomic mass is 10.0. The van der Waals surface area contributed by atoms with Crippen molar-refractivity contribution in [2.24, 2.45) is 5.73 Å². The van der Waals surface area contributed by atoms with E-state index in [-0.39, 0.29) is 32.6 Å². The molecule has 2 unspecified atom stereocenters. The van der Waals surface area contributed by atoms with Gasteiger partial charge in [0, 0.05) is 19.4 Å². The molecule has 0 aliphatic carbocycles. The maximum absolute atomic E-state index is 12.7. The van der Waals surface area contributed by atoms with E-state index in [2.05, 4.69) is 196 Å². The molecule has 0 saturated heterocycles. The number of hydrogen-bond acceptors (Lipinski definition) is 8. The second-order valence-electron chi connectivity index (χ2n) is 21.9. The Morgan fingerprint density at radius 2 is 0.598 bits per heavy atom. The number of phosphoric ester groups is 1. The van der Waals surface area contributed by atoms with Gasteiger partial charge in [0.2, 0.25) is 0 Å². The van der Waals surface area contributed by atoms with Crippen molar-refractivity contribution in [3.8, 4) is 0 Å². The number of unbranched alkanes of at least 4 members (excludes halogenated alkanes) is 19. The van der Waals surface area contributed by atoms with Crippen molar-refractivity contribution in [3.63, 3.8) is 0 Å². The van der Waals surface area contributed by atoms with Gasteiger partial charge in [-0.25, -0.2) is 4.57 Å². The number of rotatable bonds is 62. The van der Waals surface area contributed by atoms with Gasteiger partial charge in [-0.1, -0.05) is 292 Å². The molecule has 0 heterocycles. The van der Waals surface area contributed by atoms with Crippen LogP contribution in [0.2, 0.25) is 0 Å². The molecule has 0 aromatic rings. The average Bonchev–Trinajstić information content (AvgIpc) is 3.63. The van der Waals surface area contributed by atoms with Gasteiger partial charge in [0.15, 0.2) is 6.10 Å². The van der Waals surface area contributed by atoms with Crippen LogP contribution < -0.4 is 5.73 Å². The molecule has 0 rings (SSSR count). The minimum atomic E-state index is -4.41. The average molecular weight is 1220 g/mol. The van der Waals surface area contributed by atoms with Gasteiger partial charge in [0.25, 0.3) is 0 Å². The van der Waals surface area contributed by atoms with Crippen LogP contribution in [0.1, 0.15) is 258 Å². The molecule has 10 heteroatoms. The van der Waals surface area contributed by atoms with E-state index in [0.29, 0.717) is 6.42 Å². The molecule has 0 amide bonds. The second-order valence-corrected chi connectivity index (χ2v) is 23.4. The largest absolute Gasteiger partial charge is 0.472 e. The first kappa shape index (κ1) is 82.1. The maximum Gasteiger partial charge on any atom is 0.472 e. The Morgan fingerprint density at radius 1 is 0.345 bits per heavy atom. The molecule has 9 nitrogen and oxygen atoms in total. The Bertz CT molecular complexity index is 2080. The van der Waals surface area contributed by atoms with Crippen molar-refractivity contribution in [2.75, 3.05) is 26.4 Å². The van der Waals surface area contributed by atoms with E-state index >= 15 is 0 Å². The predicted octanol–water partition coefficient (Wildman–Crippen LogP) is 22.7. The summed E-state index contributed by atoms with van der Waals surface area (Å²) in [7, 11) is -4.41. The molecule has 0 radical (unpaired) electrons. The summed E-state index contributed by atoms with van der Waals surface area (Å²) in [5.41, 5.74) is 5.40. The maximum atomic E-state index is 12.7. The van der Waals surface area contributed by atoms with E-state index in [1.807, 2.05) is 0 Å². The molecule has 0 saturated carbocycles.